The second kappa shape index (κ2) is 15.4. The Hall–Kier alpha value is -3.34. The van der Waals surface area contributed by atoms with E-state index < -0.39 is 5.82 Å². The number of carbonyl (C=O) groups is 2. The molecule has 1 aliphatic heterocycles. The normalized spacial score (nSPS) is 12.4. The molecule has 11 heteroatoms. The molecule has 0 unspecified atom stereocenters. The number of Topliss-reactive ketones (excluding diaryl/α,β-unsaturated/α-hetero) is 1. The van der Waals surface area contributed by atoms with Crippen LogP contribution in [0.25, 0.3) is 0 Å². The maximum absolute atomic E-state index is 15.3. The van der Waals surface area contributed by atoms with Gasteiger partial charge >= 0.3 is 5.97 Å². The highest BCUT2D eigenvalue weighted by Gasteiger charge is 2.33. The number of nitrogens with one attached hydrogen (secondary N) is 1. The number of methoxy groups -OCH3 is 2. The van der Waals surface area contributed by atoms with Crippen molar-refractivity contribution in [1.82, 2.24) is 4.90 Å². The average Bonchev–Trinajstić information content (AvgIpc) is 3.25. The quantitative estimate of drug-likeness (QED) is 0.142. The molecule has 0 amide bonds. The Morgan fingerprint density at radius 3 is 2.28 bits per heavy atom. The third-order valence-electron chi connectivity index (χ3n) is 7.32. The summed E-state index contributed by atoms with van der Waals surface area (Å²) >= 11 is 0. The lowest BCUT2D eigenvalue weighted by Gasteiger charge is -2.31. The maximum Gasteiger partial charge on any atom is 0.305 e. The molecule has 1 N–H and O–H groups in total. The van der Waals surface area contributed by atoms with E-state index in [0.29, 0.717) is 49.6 Å². The molecule has 0 bridgehead atoms. The van der Waals surface area contributed by atoms with Crippen LogP contribution in [0.2, 0.25) is 0 Å². The molecule has 0 spiro atoms. The number of fused-ring (bicyclic) bond motifs is 1. The van der Waals surface area contributed by atoms with E-state index in [2.05, 4.69) is 25.7 Å². The van der Waals surface area contributed by atoms with Crippen LogP contribution in [-0.4, -0.2) is 69.6 Å². The number of anilines is 1. The number of halogens is 2. The van der Waals surface area contributed by atoms with Crippen molar-refractivity contribution in [2.45, 2.75) is 66.3 Å². The van der Waals surface area contributed by atoms with Gasteiger partial charge in [-0.3, -0.25) is 15.0 Å². The monoisotopic (exact) mass is 665 g/mol. The van der Waals surface area contributed by atoms with Gasteiger partial charge < -0.3 is 28.7 Å². The van der Waals surface area contributed by atoms with Gasteiger partial charge in [0.2, 0.25) is 0 Å². The lowest BCUT2D eigenvalue weighted by Crippen LogP contribution is -2.31. The van der Waals surface area contributed by atoms with Crippen molar-refractivity contribution in [2.75, 3.05) is 52.0 Å². The third kappa shape index (κ3) is 7.99. The molecular formula is C32H45BrFN3O6. The van der Waals surface area contributed by atoms with Crippen LogP contribution in [0.3, 0.4) is 0 Å². The minimum absolute atomic E-state index is 0. The predicted molar refractivity (Wildman–Crippen MR) is 171 cm³/mol. The lowest BCUT2D eigenvalue weighted by atomic mass is 9.84. The van der Waals surface area contributed by atoms with Gasteiger partial charge in [-0.05, 0) is 56.4 Å². The van der Waals surface area contributed by atoms with Crippen molar-refractivity contribution in [1.29, 1.82) is 5.41 Å². The van der Waals surface area contributed by atoms with Crippen LogP contribution in [-0.2, 0) is 21.5 Å². The summed E-state index contributed by atoms with van der Waals surface area (Å²) < 4.78 is 37.1. The van der Waals surface area contributed by atoms with Crippen LogP contribution in [0.1, 0.15) is 81.4 Å². The highest BCUT2D eigenvalue weighted by Crippen LogP contribution is 2.42. The molecule has 0 saturated carbocycles. The van der Waals surface area contributed by atoms with Crippen LogP contribution in [0.4, 0.5) is 10.1 Å². The second-order valence-corrected chi connectivity index (χ2v) is 11.1. The summed E-state index contributed by atoms with van der Waals surface area (Å²) in [5.41, 5.74) is 2.47. The van der Waals surface area contributed by atoms with E-state index in [1.54, 1.807) is 17.9 Å². The van der Waals surface area contributed by atoms with Crippen LogP contribution < -0.4 is 19.1 Å². The van der Waals surface area contributed by atoms with Crippen LogP contribution in [0, 0.1) is 11.2 Å². The molecule has 3 rings (SSSR count). The van der Waals surface area contributed by atoms with E-state index in [9.17, 15) is 9.59 Å². The molecular weight excluding hydrogens is 621 g/mol. The summed E-state index contributed by atoms with van der Waals surface area (Å²) in [6, 6.07) is 5.35. The van der Waals surface area contributed by atoms with Crippen LogP contribution >= 0.6 is 17.0 Å². The van der Waals surface area contributed by atoms with E-state index >= 15 is 4.39 Å². The number of carbonyl (C=O) groups excluding carboxylic acids is 2. The van der Waals surface area contributed by atoms with Crippen molar-refractivity contribution in [3.63, 3.8) is 0 Å². The Labute approximate surface area is 264 Å². The highest BCUT2D eigenvalue weighted by molar-refractivity contribution is 8.93. The number of hydrogen-bond acceptors (Lipinski definition) is 8. The van der Waals surface area contributed by atoms with E-state index in [4.69, 9.17) is 24.4 Å². The predicted octanol–water partition coefficient (Wildman–Crippen LogP) is 6.31. The molecule has 43 heavy (non-hydrogen) atoms. The van der Waals surface area contributed by atoms with Gasteiger partial charge in [0.15, 0.2) is 23.1 Å². The molecule has 0 radical (unpaired) electrons. The summed E-state index contributed by atoms with van der Waals surface area (Å²) in [6.07, 6.45) is 0.767. The first kappa shape index (κ1) is 35.9. The number of benzene rings is 2. The van der Waals surface area contributed by atoms with Gasteiger partial charge in [0.25, 0.3) is 0 Å². The number of amidine groups is 1. The zero-order chi connectivity index (χ0) is 31.2. The van der Waals surface area contributed by atoms with Crippen molar-refractivity contribution < 1.29 is 32.9 Å². The van der Waals surface area contributed by atoms with Gasteiger partial charge in [0, 0.05) is 37.2 Å². The summed E-state index contributed by atoms with van der Waals surface area (Å²) in [7, 11) is 2.78. The Balaban J connectivity index is 0.00000645. The van der Waals surface area contributed by atoms with Crippen LogP contribution in [0.15, 0.2) is 18.2 Å². The van der Waals surface area contributed by atoms with Crippen LogP contribution in [0.5, 0.6) is 17.2 Å². The smallest absolute Gasteiger partial charge is 0.305 e. The molecule has 0 saturated heterocycles. The van der Waals surface area contributed by atoms with E-state index in [1.165, 1.54) is 14.2 Å². The fourth-order valence-corrected chi connectivity index (χ4v) is 5.13. The van der Waals surface area contributed by atoms with Crippen molar-refractivity contribution in [3.05, 3.63) is 46.3 Å². The minimum Gasteiger partial charge on any atom is -0.493 e. The maximum atomic E-state index is 15.3. The van der Waals surface area contributed by atoms with Crippen molar-refractivity contribution >= 4 is 40.3 Å². The first-order chi connectivity index (χ1) is 19.9. The second-order valence-electron chi connectivity index (χ2n) is 11.1. The van der Waals surface area contributed by atoms with E-state index in [0.717, 1.165) is 11.3 Å². The first-order valence-corrected chi connectivity index (χ1v) is 14.4. The molecule has 0 atom stereocenters. The van der Waals surface area contributed by atoms with Gasteiger partial charge in [-0.2, -0.15) is 0 Å². The number of rotatable bonds is 14. The van der Waals surface area contributed by atoms with Crippen molar-refractivity contribution in [3.8, 4) is 17.2 Å². The number of ether oxygens (including phenoxy) is 4. The fraction of sp³-hybridized carbons (Fsp3) is 0.531. The molecule has 1 aliphatic rings. The zero-order valence-electron chi connectivity index (χ0n) is 26.5. The minimum atomic E-state index is -0.671. The Morgan fingerprint density at radius 1 is 1.05 bits per heavy atom. The Kier molecular flexibility index (Phi) is 12.8. The summed E-state index contributed by atoms with van der Waals surface area (Å²) in [5, 5.41) is 8.66. The largest absolute Gasteiger partial charge is 0.493 e. The highest BCUT2D eigenvalue weighted by atomic mass is 79.9. The Morgan fingerprint density at radius 2 is 1.72 bits per heavy atom. The molecule has 2 aromatic rings. The molecule has 238 valence electrons. The standard InChI is InChI=1S/C32H44FN3O6.BrH/c1-9-35(10-2)23-16-20(15-22(32(4,5)6)29(23)42-14-12-13-26(38)41-11-3)24(37)19-36-18-21-17-25(39-7)30(40-8)28(33)27(21)31(36)34;/h15-17,34H,9-14,18-19H2,1-8H3;1H. The summed E-state index contributed by atoms with van der Waals surface area (Å²) in [4.78, 5) is 29.3. The zero-order valence-corrected chi connectivity index (χ0v) is 28.2. The lowest BCUT2D eigenvalue weighted by molar-refractivity contribution is -0.143. The number of ketones is 1. The number of hydrogen-bond donors (Lipinski definition) is 1. The fourth-order valence-electron chi connectivity index (χ4n) is 5.13. The first-order valence-electron chi connectivity index (χ1n) is 14.4. The van der Waals surface area contributed by atoms with Gasteiger partial charge in [0.1, 0.15) is 11.6 Å². The van der Waals surface area contributed by atoms with Gasteiger partial charge in [-0.1, -0.05) is 20.8 Å². The molecule has 9 nitrogen and oxygen atoms in total. The summed E-state index contributed by atoms with van der Waals surface area (Å²) in [6.45, 7) is 14.2. The third-order valence-corrected chi connectivity index (χ3v) is 7.32. The van der Waals surface area contributed by atoms with Gasteiger partial charge in [0.05, 0.1) is 45.2 Å². The molecule has 1 heterocycles. The van der Waals surface area contributed by atoms with Gasteiger partial charge in [-0.25, -0.2) is 4.39 Å². The molecule has 0 aromatic heterocycles. The molecule has 0 fully saturated rings. The Bertz CT molecular complexity index is 1320. The number of nitrogens with zero attached hydrogens (tertiary/aromatic N) is 2. The van der Waals surface area contributed by atoms with E-state index in [-0.39, 0.29) is 76.6 Å². The molecule has 2 aromatic carbocycles. The number of esters is 1. The SMILES string of the molecule is Br.CCOC(=O)CCCOc1c(N(CC)CC)cc(C(=O)CN2Cc3cc(OC)c(OC)c(F)c3C2=N)cc1C(C)(C)C. The molecule has 0 aliphatic carbocycles. The van der Waals surface area contributed by atoms with E-state index in [1.807, 2.05) is 26.0 Å². The summed E-state index contributed by atoms with van der Waals surface area (Å²) in [5.74, 6) is -0.326. The van der Waals surface area contributed by atoms with Crippen molar-refractivity contribution in [2.24, 2.45) is 0 Å². The topological polar surface area (TPSA) is 101 Å². The average molecular weight is 667 g/mol. The van der Waals surface area contributed by atoms with Gasteiger partial charge in [-0.15, -0.1) is 17.0 Å².